The molecule has 100 valence electrons. The first-order valence-corrected chi connectivity index (χ1v) is 6.82. The number of ether oxygens (including phenoxy) is 1. The maximum atomic E-state index is 5.78. The number of hydrazine groups is 1. The zero-order valence-corrected chi connectivity index (χ0v) is 11.6. The first-order valence-electron chi connectivity index (χ1n) is 6.82. The van der Waals surface area contributed by atoms with Crippen LogP contribution >= 0.6 is 0 Å². The number of rotatable bonds is 4. The monoisotopic (exact) mass is 248 g/mol. The summed E-state index contributed by atoms with van der Waals surface area (Å²) in [4.78, 5) is 0. The molecule has 0 aromatic heterocycles. The van der Waals surface area contributed by atoms with Gasteiger partial charge in [-0.1, -0.05) is 25.1 Å². The summed E-state index contributed by atoms with van der Waals surface area (Å²) in [7, 11) is 0. The summed E-state index contributed by atoms with van der Waals surface area (Å²) in [5.41, 5.74) is 6.91. The van der Waals surface area contributed by atoms with E-state index < -0.39 is 0 Å². The molecule has 1 aliphatic heterocycles. The Morgan fingerprint density at radius 3 is 2.78 bits per heavy atom. The quantitative estimate of drug-likeness (QED) is 0.636. The molecule has 1 aromatic rings. The van der Waals surface area contributed by atoms with Crippen LogP contribution in [0.4, 0.5) is 0 Å². The van der Waals surface area contributed by atoms with Crippen molar-refractivity contribution in [2.24, 2.45) is 11.8 Å². The summed E-state index contributed by atoms with van der Waals surface area (Å²) in [5, 5.41) is 0. The van der Waals surface area contributed by atoms with Gasteiger partial charge in [0, 0.05) is 12.5 Å². The van der Waals surface area contributed by atoms with Gasteiger partial charge < -0.3 is 4.74 Å². The molecule has 3 heteroatoms. The molecule has 1 saturated heterocycles. The second kappa shape index (κ2) is 5.83. The van der Waals surface area contributed by atoms with E-state index in [1.807, 2.05) is 0 Å². The average molecular weight is 248 g/mol. The van der Waals surface area contributed by atoms with Crippen LogP contribution in [0.1, 0.15) is 42.5 Å². The van der Waals surface area contributed by atoms with Crippen LogP contribution in [0.15, 0.2) is 18.2 Å². The van der Waals surface area contributed by atoms with Crippen LogP contribution < -0.4 is 11.3 Å². The average Bonchev–Trinajstić information content (AvgIpc) is 2.83. The second-order valence-corrected chi connectivity index (χ2v) is 5.26. The summed E-state index contributed by atoms with van der Waals surface area (Å²) < 4.78 is 5.78. The van der Waals surface area contributed by atoms with Crippen LogP contribution in [0.25, 0.3) is 0 Å². The van der Waals surface area contributed by atoms with Gasteiger partial charge in [-0.2, -0.15) is 0 Å². The van der Waals surface area contributed by atoms with Crippen molar-refractivity contribution < 1.29 is 4.74 Å². The van der Waals surface area contributed by atoms with Gasteiger partial charge in [0.1, 0.15) is 0 Å². The Labute approximate surface area is 110 Å². The molecule has 1 fully saturated rings. The van der Waals surface area contributed by atoms with Gasteiger partial charge in [0.2, 0.25) is 0 Å². The number of nitrogens with two attached hydrogens (primary N) is 1. The highest BCUT2D eigenvalue weighted by Gasteiger charge is 2.33. The van der Waals surface area contributed by atoms with E-state index >= 15 is 0 Å². The zero-order chi connectivity index (χ0) is 13.1. The van der Waals surface area contributed by atoms with Crippen molar-refractivity contribution >= 4 is 0 Å². The lowest BCUT2D eigenvalue weighted by atomic mass is 9.86. The first-order chi connectivity index (χ1) is 8.67. The summed E-state index contributed by atoms with van der Waals surface area (Å²) in [5.74, 6) is 6.26. The van der Waals surface area contributed by atoms with Crippen LogP contribution in [-0.4, -0.2) is 12.7 Å². The fraction of sp³-hybridized carbons (Fsp3) is 0.600. The lowest BCUT2D eigenvalue weighted by Crippen LogP contribution is -2.36. The van der Waals surface area contributed by atoms with Crippen LogP contribution in [0, 0.1) is 19.8 Å². The van der Waals surface area contributed by atoms with Gasteiger partial charge in [-0.05, 0) is 43.4 Å². The Balaban J connectivity index is 2.24. The highest BCUT2D eigenvalue weighted by Crippen LogP contribution is 2.34. The van der Waals surface area contributed by atoms with Crippen LogP contribution in [-0.2, 0) is 4.74 Å². The summed E-state index contributed by atoms with van der Waals surface area (Å²) in [6.07, 6.45) is 2.46. The molecule has 2 rings (SSSR count). The highest BCUT2D eigenvalue weighted by molar-refractivity contribution is 5.32. The minimum absolute atomic E-state index is 0.191. The predicted molar refractivity (Wildman–Crippen MR) is 74.1 cm³/mol. The number of aryl methyl sites for hydroxylation is 2. The molecule has 0 amide bonds. The molecule has 0 bridgehead atoms. The molecular weight excluding hydrogens is 224 g/mol. The van der Waals surface area contributed by atoms with E-state index in [1.54, 1.807) is 0 Å². The lowest BCUT2D eigenvalue weighted by molar-refractivity contribution is 0.0774. The SMILES string of the molecule is CCC1OCCC1C(NN)c1ccc(C)c(C)c1. The van der Waals surface area contributed by atoms with Crippen molar-refractivity contribution in [3.05, 3.63) is 34.9 Å². The molecule has 0 spiro atoms. The van der Waals surface area contributed by atoms with Crippen molar-refractivity contribution in [3.63, 3.8) is 0 Å². The van der Waals surface area contributed by atoms with E-state index in [0.717, 1.165) is 19.4 Å². The van der Waals surface area contributed by atoms with E-state index in [4.69, 9.17) is 10.6 Å². The summed E-state index contributed by atoms with van der Waals surface area (Å²) in [6.45, 7) is 7.32. The highest BCUT2D eigenvalue weighted by atomic mass is 16.5. The number of hydrogen-bond acceptors (Lipinski definition) is 3. The minimum atomic E-state index is 0.191. The number of nitrogens with one attached hydrogen (secondary N) is 1. The molecule has 3 nitrogen and oxygen atoms in total. The Morgan fingerprint density at radius 1 is 1.39 bits per heavy atom. The van der Waals surface area contributed by atoms with Crippen LogP contribution in [0.5, 0.6) is 0 Å². The molecule has 3 N–H and O–H groups in total. The van der Waals surface area contributed by atoms with Crippen molar-refractivity contribution in [2.45, 2.75) is 45.8 Å². The fourth-order valence-electron chi connectivity index (χ4n) is 2.89. The topological polar surface area (TPSA) is 47.3 Å². The Kier molecular flexibility index (Phi) is 4.38. The van der Waals surface area contributed by atoms with E-state index in [-0.39, 0.29) is 6.04 Å². The second-order valence-electron chi connectivity index (χ2n) is 5.26. The van der Waals surface area contributed by atoms with Gasteiger partial charge in [-0.25, -0.2) is 0 Å². The zero-order valence-electron chi connectivity index (χ0n) is 11.6. The van der Waals surface area contributed by atoms with E-state index in [1.165, 1.54) is 16.7 Å². The van der Waals surface area contributed by atoms with Gasteiger partial charge in [0.15, 0.2) is 0 Å². The Bertz CT molecular complexity index is 405. The third kappa shape index (κ3) is 2.58. The number of hydrogen-bond donors (Lipinski definition) is 2. The van der Waals surface area contributed by atoms with E-state index in [2.05, 4.69) is 44.4 Å². The Morgan fingerprint density at radius 2 is 2.17 bits per heavy atom. The standard InChI is InChI=1S/C15H24N2O/c1-4-14-13(7-8-18-14)15(17-16)12-6-5-10(2)11(3)9-12/h5-6,9,13-15,17H,4,7-8,16H2,1-3H3. The lowest BCUT2D eigenvalue weighted by Gasteiger charge is -2.27. The predicted octanol–water partition coefficient (Wildman–Crippen LogP) is 2.62. The molecule has 0 saturated carbocycles. The van der Waals surface area contributed by atoms with E-state index in [0.29, 0.717) is 12.0 Å². The molecule has 3 atom stereocenters. The third-order valence-corrected chi connectivity index (χ3v) is 4.16. The molecular formula is C15H24N2O. The maximum absolute atomic E-state index is 5.78. The van der Waals surface area contributed by atoms with Crippen molar-refractivity contribution in [2.75, 3.05) is 6.61 Å². The van der Waals surface area contributed by atoms with Gasteiger partial charge in [0.05, 0.1) is 12.1 Å². The van der Waals surface area contributed by atoms with Crippen LogP contribution in [0.3, 0.4) is 0 Å². The maximum Gasteiger partial charge on any atom is 0.0620 e. The molecule has 18 heavy (non-hydrogen) atoms. The molecule has 1 heterocycles. The fourth-order valence-corrected chi connectivity index (χ4v) is 2.89. The summed E-state index contributed by atoms with van der Waals surface area (Å²) >= 11 is 0. The Hall–Kier alpha value is -0.900. The van der Waals surface area contributed by atoms with Gasteiger partial charge in [-0.3, -0.25) is 11.3 Å². The van der Waals surface area contributed by atoms with Gasteiger partial charge in [0.25, 0.3) is 0 Å². The van der Waals surface area contributed by atoms with Crippen molar-refractivity contribution in [3.8, 4) is 0 Å². The molecule has 1 aliphatic rings. The number of benzene rings is 1. The first kappa shape index (κ1) is 13.5. The summed E-state index contributed by atoms with van der Waals surface area (Å²) in [6, 6.07) is 6.78. The van der Waals surface area contributed by atoms with E-state index in [9.17, 15) is 0 Å². The largest absolute Gasteiger partial charge is 0.378 e. The van der Waals surface area contributed by atoms with Crippen molar-refractivity contribution in [1.82, 2.24) is 5.43 Å². The smallest absolute Gasteiger partial charge is 0.0620 e. The van der Waals surface area contributed by atoms with Crippen molar-refractivity contribution in [1.29, 1.82) is 0 Å². The minimum Gasteiger partial charge on any atom is -0.378 e. The normalized spacial score (nSPS) is 25.3. The molecule has 3 unspecified atom stereocenters. The third-order valence-electron chi connectivity index (χ3n) is 4.16. The molecule has 0 aliphatic carbocycles. The molecule has 1 aromatic carbocycles. The molecule has 0 radical (unpaired) electrons. The van der Waals surface area contributed by atoms with Gasteiger partial charge >= 0.3 is 0 Å². The van der Waals surface area contributed by atoms with Gasteiger partial charge in [-0.15, -0.1) is 0 Å². The van der Waals surface area contributed by atoms with Crippen LogP contribution in [0.2, 0.25) is 0 Å².